The van der Waals surface area contributed by atoms with Crippen molar-refractivity contribution in [3.63, 3.8) is 0 Å². The quantitative estimate of drug-likeness (QED) is 0.522. The number of hydrogen-bond donors (Lipinski definition) is 1. The summed E-state index contributed by atoms with van der Waals surface area (Å²) in [6.07, 6.45) is 1.48. The summed E-state index contributed by atoms with van der Waals surface area (Å²) in [4.78, 5) is 2.03. The Kier molecular flexibility index (Phi) is 6.77. The first kappa shape index (κ1) is 21.1. The van der Waals surface area contributed by atoms with Crippen LogP contribution in [0.3, 0.4) is 0 Å². The van der Waals surface area contributed by atoms with Crippen LogP contribution >= 0.6 is 0 Å². The van der Waals surface area contributed by atoms with E-state index in [1.54, 1.807) is 6.07 Å². The van der Waals surface area contributed by atoms with Crippen molar-refractivity contribution in [3.05, 3.63) is 66.2 Å². The van der Waals surface area contributed by atoms with Gasteiger partial charge in [-0.15, -0.1) is 0 Å². The summed E-state index contributed by atoms with van der Waals surface area (Å²) in [5.41, 5.74) is 1.47. The Morgan fingerprint density at radius 2 is 1.72 bits per heavy atom. The second kappa shape index (κ2) is 9.29. The first-order valence-corrected chi connectivity index (χ1v) is 11.5. The van der Waals surface area contributed by atoms with Crippen LogP contribution in [0.1, 0.15) is 25.3 Å². The third-order valence-corrected chi connectivity index (χ3v) is 5.93. The zero-order valence-electron chi connectivity index (χ0n) is 17.2. The number of unbranched alkanes of at least 4 members (excludes halogenated alkanes) is 1. The monoisotopic (exact) mass is 412 g/mol. The summed E-state index contributed by atoms with van der Waals surface area (Å²) in [6, 6.07) is 19.5. The number of ether oxygens (including phenoxy) is 1. The molecule has 0 aromatic heterocycles. The van der Waals surface area contributed by atoms with Gasteiger partial charge < -0.3 is 9.64 Å². The van der Waals surface area contributed by atoms with Gasteiger partial charge in [0, 0.05) is 23.2 Å². The van der Waals surface area contributed by atoms with Gasteiger partial charge in [-0.3, -0.25) is 4.72 Å². The fraction of sp³-hybridized carbons (Fsp3) is 0.304. The lowest BCUT2D eigenvalue weighted by molar-refractivity contribution is 0.389. The van der Waals surface area contributed by atoms with Crippen LogP contribution in [0.25, 0.3) is 10.8 Å². The van der Waals surface area contributed by atoms with Gasteiger partial charge in [-0.25, -0.2) is 8.42 Å². The molecule has 0 aliphatic heterocycles. The average Bonchev–Trinajstić information content (AvgIpc) is 2.68. The molecule has 0 radical (unpaired) electrons. The Labute approximate surface area is 173 Å². The van der Waals surface area contributed by atoms with Crippen LogP contribution in [-0.2, 0) is 16.6 Å². The molecule has 0 atom stereocenters. The molecule has 3 aromatic rings. The zero-order valence-corrected chi connectivity index (χ0v) is 18.0. The van der Waals surface area contributed by atoms with Crippen molar-refractivity contribution >= 4 is 26.5 Å². The number of anilines is 1. The van der Waals surface area contributed by atoms with E-state index in [-0.39, 0.29) is 5.75 Å². The molecular formula is C23H28N2O3S. The average molecular weight is 413 g/mol. The third-order valence-electron chi connectivity index (χ3n) is 4.56. The molecule has 3 aromatic carbocycles. The molecule has 0 amide bonds. The van der Waals surface area contributed by atoms with Gasteiger partial charge in [-0.05, 0) is 50.2 Å². The standard InChI is InChI=1S/C23H28N2O3S/c1-4-5-15-29(26,27)24-20-13-14-22(19(16-20)17-25(2)3)28-23-12-8-10-18-9-6-7-11-21(18)23/h6-14,16,24H,4-5,15,17H2,1-3H3. The van der Waals surface area contributed by atoms with Crippen molar-refractivity contribution in [2.75, 3.05) is 24.6 Å². The van der Waals surface area contributed by atoms with Crippen molar-refractivity contribution in [1.82, 2.24) is 4.90 Å². The van der Waals surface area contributed by atoms with E-state index in [0.717, 1.165) is 28.5 Å². The second-order valence-electron chi connectivity index (χ2n) is 7.41. The molecule has 0 spiro atoms. The number of fused-ring (bicyclic) bond motifs is 1. The number of sulfonamides is 1. The van der Waals surface area contributed by atoms with Crippen molar-refractivity contribution in [2.24, 2.45) is 0 Å². The van der Waals surface area contributed by atoms with Gasteiger partial charge in [0.15, 0.2) is 0 Å². The minimum atomic E-state index is -3.35. The molecule has 6 heteroatoms. The molecule has 0 aliphatic rings. The summed E-state index contributed by atoms with van der Waals surface area (Å²) >= 11 is 0. The SMILES string of the molecule is CCCCS(=O)(=O)Nc1ccc(Oc2cccc3ccccc23)c(CN(C)C)c1. The van der Waals surface area contributed by atoms with Gasteiger partial charge in [-0.2, -0.15) is 0 Å². The van der Waals surface area contributed by atoms with Gasteiger partial charge in [0.2, 0.25) is 10.0 Å². The molecule has 0 bridgehead atoms. The van der Waals surface area contributed by atoms with E-state index in [1.807, 2.05) is 68.4 Å². The van der Waals surface area contributed by atoms with E-state index >= 15 is 0 Å². The van der Waals surface area contributed by atoms with Gasteiger partial charge in [-0.1, -0.05) is 49.7 Å². The Morgan fingerprint density at radius 1 is 0.966 bits per heavy atom. The molecule has 0 unspecified atom stereocenters. The first-order chi connectivity index (χ1) is 13.9. The fourth-order valence-electron chi connectivity index (χ4n) is 3.17. The van der Waals surface area contributed by atoms with Crippen LogP contribution in [0.5, 0.6) is 11.5 Å². The number of nitrogens with zero attached hydrogens (tertiary/aromatic N) is 1. The minimum absolute atomic E-state index is 0.126. The van der Waals surface area contributed by atoms with Gasteiger partial charge in [0.25, 0.3) is 0 Å². The number of rotatable bonds is 9. The molecule has 3 rings (SSSR count). The molecule has 0 aliphatic carbocycles. The van der Waals surface area contributed by atoms with Crippen LogP contribution in [0, 0.1) is 0 Å². The van der Waals surface area contributed by atoms with E-state index in [2.05, 4.69) is 16.9 Å². The van der Waals surface area contributed by atoms with E-state index in [1.165, 1.54) is 0 Å². The van der Waals surface area contributed by atoms with Crippen LogP contribution in [0.4, 0.5) is 5.69 Å². The summed E-state index contributed by atoms with van der Waals surface area (Å²) < 4.78 is 33.5. The molecule has 0 heterocycles. The topological polar surface area (TPSA) is 58.6 Å². The summed E-state index contributed by atoms with van der Waals surface area (Å²) in [5.74, 6) is 1.62. The second-order valence-corrected chi connectivity index (χ2v) is 9.26. The molecule has 5 nitrogen and oxygen atoms in total. The van der Waals surface area contributed by atoms with Crippen LogP contribution in [0.15, 0.2) is 60.7 Å². The number of hydrogen-bond acceptors (Lipinski definition) is 4. The largest absolute Gasteiger partial charge is 0.456 e. The lowest BCUT2D eigenvalue weighted by atomic mass is 10.1. The normalized spacial score (nSPS) is 11.7. The van der Waals surface area contributed by atoms with Gasteiger partial charge >= 0.3 is 0 Å². The summed E-state index contributed by atoms with van der Waals surface area (Å²) in [5, 5.41) is 2.15. The van der Waals surface area contributed by atoms with Crippen LogP contribution in [-0.4, -0.2) is 33.2 Å². The fourth-order valence-corrected chi connectivity index (χ4v) is 4.43. The van der Waals surface area contributed by atoms with E-state index in [9.17, 15) is 8.42 Å². The number of benzene rings is 3. The van der Waals surface area contributed by atoms with Crippen molar-refractivity contribution in [2.45, 2.75) is 26.3 Å². The molecule has 0 fully saturated rings. The summed E-state index contributed by atoms with van der Waals surface area (Å²) in [6.45, 7) is 2.61. The number of nitrogens with one attached hydrogen (secondary N) is 1. The maximum Gasteiger partial charge on any atom is 0.232 e. The van der Waals surface area contributed by atoms with Gasteiger partial charge in [0.1, 0.15) is 11.5 Å². The maximum absolute atomic E-state index is 12.3. The van der Waals surface area contributed by atoms with E-state index in [0.29, 0.717) is 24.4 Å². The highest BCUT2D eigenvalue weighted by atomic mass is 32.2. The molecule has 0 saturated heterocycles. The van der Waals surface area contributed by atoms with E-state index < -0.39 is 10.0 Å². The van der Waals surface area contributed by atoms with Crippen LogP contribution in [0.2, 0.25) is 0 Å². The molecular weight excluding hydrogens is 384 g/mol. The minimum Gasteiger partial charge on any atom is -0.456 e. The molecule has 1 N–H and O–H groups in total. The van der Waals surface area contributed by atoms with Crippen LogP contribution < -0.4 is 9.46 Å². The lowest BCUT2D eigenvalue weighted by Crippen LogP contribution is -2.17. The van der Waals surface area contributed by atoms with Crippen molar-refractivity contribution in [3.8, 4) is 11.5 Å². The molecule has 154 valence electrons. The van der Waals surface area contributed by atoms with Gasteiger partial charge in [0.05, 0.1) is 5.75 Å². The smallest absolute Gasteiger partial charge is 0.232 e. The zero-order chi connectivity index (χ0) is 20.9. The maximum atomic E-state index is 12.3. The van der Waals surface area contributed by atoms with Crippen molar-refractivity contribution < 1.29 is 13.2 Å². The Morgan fingerprint density at radius 3 is 2.48 bits per heavy atom. The van der Waals surface area contributed by atoms with E-state index in [4.69, 9.17) is 4.74 Å². The van der Waals surface area contributed by atoms with Crippen molar-refractivity contribution in [1.29, 1.82) is 0 Å². The highest BCUT2D eigenvalue weighted by Gasteiger charge is 2.14. The predicted octanol–water partition coefficient (Wildman–Crippen LogP) is 5.24. The highest BCUT2D eigenvalue weighted by Crippen LogP contribution is 2.33. The third kappa shape index (κ3) is 5.71. The Hall–Kier alpha value is -2.57. The summed E-state index contributed by atoms with van der Waals surface area (Å²) in [7, 11) is 0.597. The highest BCUT2D eigenvalue weighted by molar-refractivity contribution is 7.92. The predicted molar refractivity (Wildman–Crippen MR) is 120 cm³/mol. The Bertz CT molecular complexity index is 1070. The Balaban J connectivity index is 1.92. The molecule has 29 heavy (non-hydrogen) atoms. The first-order valence-electron chi connectivity index (χ1n) is 9.82. The lowest BCUT2D eigenvalue weighted by Gasteiger charge is -2.17. The molecule has 0 saturated carbocycles.